The zero-order valence-electron chi connectivity index (χ0n) is 32.6. The molecule has 5 rings (SSSR count). The number of nitrogens with zero attached hydrogens (tertiary/aromatic N) is 4. The molecule has 0 bridgehead atoms. The molecule has 0 saturated carbocycles. The van der Waals surface area contributed by atoms with Crippen LogP contribution < -0.4 is 10.6 Å². The number of aromatic nitrogens is 4. The van der Waals surface area contributed by atoms with Gasteiger partial charge in [-0.2, -0.15) is 0 Å². The van der Waals surface area contributed by atoms with Crippen molar-refractivity contribution in [3.05, 3.63) is 83.7 Å². The first-order valence-corrected chi connectivity index (χ1v) is 18.4. The number of likely N-dealkylation sites (N-methyl/N-ethyl adjacent to an activating group) is 1. The molecule has 290 valence electrons. The molecule has 55 heavy (non-hydrogen) atoms. The molecule has 4 aromatic rings. The summed E-state index contributed by atoms with van der Waals surface area (Å²) in [5.41, 5.74) is 5.20. The van der Waals surface area contributed by atoms with Crippen LogP contribution in [0.1, 0.15) is 82.3 Å². The Kier molecular flexibility index (Phi) is 13.0. The normalized spacial score (nSPS) is 15.5. The molecule has 14 nitrogen and oxygen atoms in total. The number of rotatable bonds is 11. The molecular formula is C41H50N8O6. The number of hydrogen-bond acceptors (Lipinski definition) is 8. The Hall–Kier alpha value is -6.10. The summed E-state index contributed by atoms with van der Waals surface area (Å²) in [4.78, 5) is 69.7. The van der Waals surface area contributed by atoms with Crippen LogP contribution in [0.15, 0.2) is 60.9 Å². The molecule has 0 spiro atoms. The third-order valence-corrected chi connectivity index (χ3v) is 9.89. The van der Waals surface area contributed by atoms with Crippen LogP contribution in [0.3, 0.4) is 0 Å². The second-order valence-corrected chi connectivity index (χ2v) is 14.3. The van der Waals surface area contributed by atoms with E-state index in [1.54, 1.807) is 29.2 Å². The highest BCUT2D eigenvalue weighted by Gasteiger charge is 2.37. The third kappa shape index (κ3) is 9.53. The molecule has 0 aliphatic carbocycles. The van der Waals surface area contributed by atoms with Crippen molar-refractivity contribution in [2.75, 3.05) is 27.8 Å². The van der Waals surface area contributed by atoms with Crippen LogP contribution in [0.2, 0.25) is 0 Å². The highest BCUT2D eigenvalue weighted by molar-refractivity contribution is 5.87. The van der Waals surface area contributed by atoms with Crippen LogP contribution in [0, 0.1) is 23.7 Å². The van der Waals surface area contributed by atoms with Gasteiger partial charge in [0.15, 0.2) is 0 Å². The summed E-state index contributed by atoms with van der Waals surface area (Å²) in [6, 6.07) is 13.7. The molecule has 2 aromatic carbocycles. The molecule has 14 heteroatoms. The van der Waals surface area contributed by atoms with Gasteiger partial charge in [-0.05, 0) is 67.0 Å². The van der Waals surface area contributed by atoms with E-state index in [4.69, 9.17) is 9.47 Å². The van der Waals surface area contributed by atoms with E-state index in [2.05, 4.69) is 42.4 Å². The van der Waals surface area contributed by atoms with Crippen LogP contribution in [0.4, 0.5) is 9.59 Å². The maximum absolute atomic E-state index is 13.5. The van der Waals surface area contributed by atoms with Crippen LogP contribution in [0.5, 0.6) is 0 Å². The van der Waals surface area contributed by atoms with Gasteiger partial charge in [-0.1, -0.05) is 63.8 Å². The smallest absolute Gasteiger partial charge is 0.407 e. The van der Waals surface area contributed by atoms with Crippen molar-refractivity contribution in [2.45, 2.75) is 71.6 Å². The number of benzene rings is 2. The molecule has 1 fully saturated rings. The zero-order chi connectivity index (χ0) is 39.8. The van der Waals surface area contributed by atoms with Gasteiger partial charge < -0.3 is 39.9 Å². The van der Waals surface area contributed by atoms with Crippen LogP contribution >= 0.6 is 0 Å². The van der Waals surface area contributed by atoms with Gasteiger partial charge in [0.05, 0.1) is 50.1 Å². The van der Waals surface area contributed by atoms with E-state index in [9.17, 15) is 19.2 Å². The standard InChI is InChI=1S/C41H50N8O6/c1-24(2)34(46-40(52)54-7)38(50)48(6)26(5)36-42-22-31(44-36)29-17-13-27(14-18-29)11-12-28-15-19-30(20-16-28)32-23-43-37(45-32)33-10-9-21-49(33)39(51)35(25(3)4)47-41(53)55-8/h13-20,22-26,33-35H,9-10,21H2,1-8H3,(H,42,44)(H,43,45)(H,46,52)(H,47,53). The molecule has 2 aromatic heterocycles. The number of aromatic amines is 2. The minimum Gasteiger partial charge on any atom is -0.453 e. The summed E-state index contributed by atoms with van der Waals surface area (Å²) < 4.78 is 9.43. The van der Waals surface area contributed by atoms with E-state index in [-0.39, 0.29) is 35.7 Å². The van der Waals surface area contributed by atoms with Gasteiger partial charge in [0.2, 0.25) is 11.8 Å². The number of amides is 4. The molecule has 3 heterocycles. The largest absolute Gasteiger partial charge is 0.453 e. The van der Waals surface area contributed by atoms with Gasteiger partial charge in [-0.3, -0.25) is 9.59 Å². The molecule has 4 amide bonds. The van der Waals surface area contributed by atoms with Crippen LogP contribution in [-0.4, -0.2) is 93.6 Å². The van der Waals surface area contributed by atoms with E-state index < -0.39 is 24.3 Å². The average molecular weight is 751 g/mol. The lowest BCUT2D eigenvalue weighted by Crippen LogP contribution is -2.51. The van der Waals surface area contributed by atoms with E-state index >= 15 is 0 Å². The van der Waals surface area contributed by atoms with Gasteiger partial charge in [-0.15, -0.1) is 0 Å². The quantitative estimate of drug-likeness (QED) is 0.139. The van der Waals surface area contributed by atoms with Crippen molar-refractivity contribution in [3.8, 4) is 34.4 Å². The first-order chi connectivity index (χ1) is 26.3. The maximum atomic E-state index is 13.5. The maximum Gasteiger partial charge on any atom is 0.407 e. The number of methoxy groups -OCH3 is 2. The number of hydrogen-bond donors (Lipinski definition) is 4. The molecule has 1 aliphatic heterocycles. The lowest BCUT2D eigenvalue weighted by atomic mass is 10.0. The monoisotopic (exact) mass is 750 g/mol. The van der Waals surface area contributed by atoms with Crippen molar-refractivity contribution in [2.24, 2.45) is 11.8 Å². The molecule has 4 unspecified atom stereocenters. The number of likely N-dealkylation sites (tertiary alicyclic amines) is 1. The van der Waals surface area contributed by atoms with E-state index in [0.717, 1.165) is 46.5 Å². The Balaban J connectivity index is 1.20. The van der Waals surface area contributed by atoms with Crippen LogP contribution in [-0.2, 0) is 19.1 Å². The topological polar surface area (TPSA) is 175 Å². The average Bonchev–Trinajstić information content (AvgIpc) is 3.99. The minimum atomic E-state index is -0.734. The molecule has 1 aliphatic rings. The number of carbonyl (C=O) groups is 4. The lowest BCUT2D eigenvalue weighted by molar-refractivity contribution is -0.136. The third-order valence-electron chi connectivity index (χ3n) is 9.89. The second-order valence-electron chi connectivity index (χ2n) is 14.3. The fourth-order valence-electron chi connectivity index (χ4n) is 6.44. The summed E-state index contributed by atoms with van der Waals surface area (Å²) in [6.07, 6.45) is 3.84. The van der Waals surface area contributed by atoms with Crippen molar-refractivity contribution in [1.82, 2.24) is 40.4 Å². The van der Waals surface area contributed by atoms with Gasteiger partial charge in [0.1, 0.15) is 23.7 Å². The van der Waals surface area contributed by atoms with Crippen molar-refractivity contribution < 1.29 is 28.7 Å². The molecule has 4 atom stereocenters. The highest BCUT2D eigenvalue weighted by atomic mass is 16.5. The predicted molar refractivity (Wildman–Crippen MR) is 207 cm³/mol. The number of nitrogens with one attached hydrogen (secondary N) is 4. The summed E-state index contributed by atoms with van der Waals surface area (Å²) in [5, 5.41) is 5.31. The highest BCUT2D eigenvalue weighted by Crippen LogP contribution is 2.33. The Morgan fingerprint density at radius 1 is 0.782 bits per heavy atom. The molecule has 1 saturated heterocycles. The number of carbonyl (C=O) groups excluding carboxylic acids is 4. The fraction of sp³-hybridized carbons (Fsp3) is 0.415. The zero-order valence-corrected chi connectivity index (χ0v) is 32.6. The number of ether oxygens (including phenoxy) is 2. The summed E-state index contributed by atoms with van der Waals surface area (Å²) in [7, 11) is 4.23. The van der Waals surface area contributed by atoms with Crippen molar-refractivity contribution >= 4 is 24.0 Å². The van der Waals surface area contributed by atoms with Gasteiger partial charge >= 0.3 is 12.2 Å². The Morgan fingerprint density at radius 2 is 1.29 bits per heavy atom. The minimum absolute atomic E-state index is 0.108. The number of alkyl carbamates (subject to hydrolysis) is 2. The van der Waals surface area contributed by atoms with E-state index in [1.807, 2.05) is 83.1 Å². The SMILES string of the molecule is COC(=O)NC(C(=O)N(C)C(C)c1ncc(-c2ccc(C#Cc3ccc(-c4cnc(C5CCCN5C(=O)C(NC(=O)OC)C(C)C)[nH]4)cc3)cc2)[nH]1)C(C)C. The number of imidazole rings is 2. The first-order valence-electron chi connectivity index (χ1n) is 18.4. The second kappa shape index (κ2) is 17.8. The van der Waals surface area contributed by atoms with Gasteiger partial charge in [0.25, 0.3) is 0 Å². The van der Waals surface area contributed by atoms with Crippen LogP contribution in [0.25, 0.3) is 22.5 Å². The summed E-state index contributed by atoms with van der Waals surface area (Å²) in [5.74, 6) is 7.15. The Morgan fingerprint density at radius 3 is 1.82 bits per heavy atom. The Bertz CT molecular complexity index is 2020. The van der Waals surface area contributed by atoms with E-state index in [1.165, 1.54) is 14.2 Å². The molecule has 0 radical (unpaired) electrons. The van der Waals surface area contributed by atoms with Crippen molar-refractivity contribution in [1.29, 1.82) is 0 Å². The number of H-pyrrole nitrogens is 2. The van der Waals surface area contributed by atoms with E-state index in [0.29, 0.717) is 18.2 Å². The fourth-order valence-corrected chi connectivity index (χ4v) is 6.44. The summed E-state index contributed by atoms with van der Waals surface area (Å²) >= 11 is 0. The first kappa shape index (κ1) is 40.1. The summed E-state index contributed by atoms with van der Waals surface area (Å²) in [6.45, 7) is 9.97. The molecule has 4 N–H and O–H groups in total. The molecular weight excluding hydrogens is 701 g/mol. The Labute approximate surface area is 321 Å². The van der Waals surface area contributed by atoms with Crippen molar-refractivity contribution in [3.63, 3.8) is 0 Å². The lowest BCUT2D eigenvalue weighted by Gasteiger charge is -2.30. The van der Waals surface area contributed by atoms with Gasteiger partial charge in [-0.25, -0.2) is 19.6 Å². The predicted octanol–water partition coefficient (Wildman–Crippen LogP) is 5.81. The van der Waals surface area contributed by atoms with Gasteiger partial charge in [0, 0.05) is 24.7 Å².